The van der Waals surface area contributed by atoms with Crippen molar-refractivity contribution in [3.8, 4) is 0 Å². The van der Waals surface area contributed by atoms with Crippen LogP contribution >= 0.6 is 23.4 Å². The summed E-state index contributed by atoms with van der Waals surface area (Å²) in [6.07, 6.45) is 4.20. The maximum absolute atomic E-state index is 12.5. The molecular formula is C17H24ClN3O2S. The number of amides is 1. The van der Waals surface area contributed by atoms with Crippen LogP contribution in [0.1, 0.15) is 36.2 Å². The molecule has 0 bridgehead atoms. The maximum atomic E-state index is 12.5. The maximum Gasteiger partial charge on any atom is 0.270 e. The zero-order valence-electron chi connectivity index (χ0n) is 14.0. The van der Waals surface area contributed by atoms with Gasteiger partial charge in [0, 0.05) is 26.7 Å². The number of ether oxygens (including phenoxy) is 1. The molecule has 0 aliphatic carbocycles. The predicted molar refractivity (Wildman–Crippen MR) is 99.3 cm³/mol. The highest BCUT2D eigenvalue weighted by atomic mass is 35.5. The molecule has 0 atom stereocenters. The van der Waals surface area contributed by atoms with E-state index in [9.17, 15) is 4.79 Å². The van der Waals surface area contributed by atoms with E-state index in [1.54, 1.807) is 19.2 Å². The summed E-state index contributed by atoms with van der Waals surface area (Å²) in [4.78, 5) is 19.2. The van der Waals surface area contributed by atoms with Gasteiger partial charge in [0.2, 0.25) is 0 Å². The van der Waals surface area contributed by atoms with Gasteiger partial charge in [0.25, 0.3) is 5.91 Å². The summed E-state index contributed by atoms with van der Waals surface area (Å²) >= 11 is 8.20. The van der Waals surface area contributed by atoms with Crippen molar-refractivity contribution in [1.29, 1.82) is 0 Å². The van der Waals surface area contributed by atoms with Crippen molar-refractivity contribution in [1.82, 2.24) is 10.3 Å². The van der Waals surface area contributed by atoms with Crippen LogP contribution < -0.4 is 10.2 Å². The van der Waals surface area contributed by atoms with E-state index >= 15 is 0 Å². The molecule has 0 spiro atoms. The molecule has 2 saturated heterocycles. The van der Waals surface area contributed by atoms with E-state index in [1.807, 2.05) is 11.8 Å². The highest BCUT2D eigenvalue weighted by Gasteiger charge is 2.32. The Morgan fingerprint density at radius 3 is 2.75 bits per heavy atom. The summed E-state index contributed by atoms with van der Waals surface area (Å²) < 4.78 is 5.71. The molecule has 0 radical (unpaired) electrons. The number of hydrogen-bond acceptors (Lipinski definition) is 5. The lowest BCUT2D eigenvalue weighted by Crippen LogP contribution is -2.47. The summed E-state index contributed by atoms with van der Waals surface area (Å²) in [5.41, 5.74) is 0.170. The highest BCUT2D eigenvalue weighted by molar-refractivity contribution is 7.99. The van der Waals surface area contributed by atoms with E-state index in [4.69, 9.17) is 16.3 Å². The molecule has 5 nitrogen and oxygen atoms in total. The normalized spacial score (nSPS) is 20.2. The molecule has 3 heterocycles. The van der Waals surface area contributed by atoms with Crippen molar-refractivity contribution in [3.63, 3.8) is 0 Å². The van der Waals surface area contributed by atoms with Gasteiger partial charge in [-0.2, -0.15) is 11.8 Å². The van der Waals surface area contributed by atoms with Crippen LogP contribution in [0.25, 0.3) is 0 Å². The Morgan fingerprint density at radius 2 is 2.08 bits per heavy atom. The minimum Gasteiger partial charge on any atom is -0.376 e. The molecule has 0 saturated carbocycles. The molecule has 1 N–H and O–H groups in total. The molecule has 132 valence electrons. The van der Waals surface area contributed by atoms with Crippen molar-refractivity contribution in [2.45, 2.75) is 31.3 Å². The Balaban J connectivity index is 1.67. The molecule has 24 heavy (non-hydrogen) atoms. The first kappa shape index (κ1) is 17.8. The topological polar surface area (TPSA) is 54.5 Å². The molecule has 3 rings (SSSR count). The van der Waals surface area contributed by atoms with Crippen LogP contribution in [-0.2, 0) is 4.74 Å². The van der Waals surface area contributed by atoms with Gasteiger partial charge in [-0.05, 0) is 49.3 Å². The van der Waals surface area contributed by atoms with Crippen molar-refractivity contribution in [3.05, 3.63) is 22.8 Å². The van der Waals surface area contributed by atoms with Crippen LogP contribution in [0, 0.1) is 0 Å². The van der Waals surface area contributed by atoms with E-state index in [2.05, 4.69) is 15.2 Å². The van der Waals surface area contributed by atoms with Crippen LogP contribution in [0.2, 0.25) is 5.02 Å². The number of nitrogens with zero attached hydrogens (tertiary/aromatic N) is 2. The van der Waals surface area contributed by atoms with E-state index in [0.29, 0.717) is 17.3 Å². The van der Waals surface area contributed by atoms with Crippen LogP contribution in [0.4, 0.5) is 5.82 Å². The lowest BCUT2D eigenvalue weighted by Gasteiger charge is -2.35. The number of carbonyl (C=O) groups is 1. The molecule has 1 amide bonds. The smallest absolute Gasteiger partial charge is 0.270 e. The number of anilines is 1. The third kappa shape index (κ3) is 3.98. The Labute approximate surface area is 152 Å². The Bertz CT molecular complexity index is 587. The molecule has 1 aromatic heterocycles. The van der Waals surface area contributed by atoms with Crippen LogP contribution in [-0.4, -0.2) is 54.7 Å². The van der Waals surface area contributed by atoms with Crippen molar-refractivity contribution < 1.29 is 9.53 Å². The van der Waals surface area contributed by atoms with Gasteiger partial charge in [-0.15, -0.1) is 0 Å². The minimum atomic E-state index is -0.245. The zero-order valence-corrected chi connectivity index (χ0v) is 15.6. The summed E-state index contributed by atoms with van der Waals surface area (Å²) in [6.45, 7) is 2.41. The fourth-order valence-electron chi connectivity index (χ4n) is 3.24. The second-order valence-electron chi connectivity index (χ2n) is 6.38. The molecule has 1 aromatic rings. The number of aromatic nitrogens is 1. The first-order valence-corrected chi connectivity index (χ1v) is 9.99. The van der Waals surface area contributed by atoms with Crippen LogP contribution in [0.3, 0.4) is 0 Å². The summed E-state index contributed by atoms with van der Waals surface area (Å²) in [5.74, 6) is 2.70. The highest BCUT2D eigenvalue weighted by Crippen LogP contribution is 2.30. The Kier molecular flexibility index (Phi) is 5.89. The summed E-state index contributed by atoms with van der Waals surface area (Å²) in [6, 6.07) is 3.45. The van der Waals surface area contributed by atoms with Gasteiger partial charge in [-0.25, -0.2) is 4.98 Å². The lowest BCUT2D eigenvalue weighted by molar-refractivity contribution is -0.0150. The SMILES string of the molecule is COC1(CNC(=O)c2ccc(Cl)c(N3CCCC3)n2)CCSCC1. The van der Waals surface area contributed by atoms with Gasteiger partial charge >= 0.3 is 0 Å². The van der Waals surface area contributed by atoms with Crippen LogP contribution in [0.5, 0.6) is 0 Å². The minimum absolute atomic E-state index is 0.165. The number of nitrogens with one attached hydrogen (secondary N) is 1. The quantitative estimate of drug-likeness (QED) is 0.864. The van der Waals surface area contributed by atoms with Gasteiger partial charge < -0.3 is 15.0 Å². The molecule has 7 heteroatoms. The Morgan fingerprint density at radius 1 is 1.38 bits per heavy atom. The van der Waals surface area contributed by atoms with E-state index in [-0.39, 0.29) is 11.5 Å². The molecule has 0 aromatic carbocycles. The van der Waals surface area contributed by atoms with Crippen LogP contribution in [0.15, 0.2) is 12.1 Å². The average molecular weight is 370 g/mol. The van der Waals surface area contributed by atoms with Gasteiger partial charge in [0.15, 0.2) is 0 Å². The molecule has 2 fully saturated rings. The summed E-state index contributed by atoms with van der Waals surface area (Å²) in [7, 11) is 1.73. The monoisotopic (exact) mass is 369 g/mol. The van der Waals surface area contributed by atoms with E-state index < -0.39 is 0 Å². The standard InChI is InChI=1S/C17H24ClN3O2S/c1-23-17(6-10-24-11-7-17)12-19-16(22)14-5-4-13(18)15(20-14)21-8-2-3-9-21/h4-5H,2-3,6-12H2,1H3,(H,19,22). The second-order valence-corrected chi connectivity index (χ2v) is 8.01. The number of rotatable bonds is 5. The molecule has 2 aliphatic rings. The number of thioether (sulfide) groups is 1. The fourth-order valence-corrected chi connectivity index (χ4v) is 4.70. The number of halogens is 1. The molecular weight excluding hydrogens is 346 g/mol. The third-order valence-corrected chi connectivity index (χ3v) is 6.15. The van der Waals surface area contributed by atoms with E-state index in [0.717, 1.165) is 56.1 Å². The van der Waals surface area contributed by atoms with Crippen molar-refractivity contribution in [2.24, 2.45) is 0 Å². The number of hydrogen-bond donors (Lipinski definition) is 1. The van der Waals surface area contributed by atoms with E-state index in [1.165, 1.54) is 0 Å². The lowest BCUT2D eigenvalue weighted by atomic mass is 9.96. The molecule has 0 unspecified atom stereocenters. The first-order chi connectivity index (χ1) is 11.6. The average Bonchev–Trinajstić information content (AvgIpc) is 3.15. The Hall–Kier alpha value is -0.980. The van der Waals surface area contributed by atoms with Gasteiger partial charge in [-0.3, -0.25) is 4.79 Å². The predicted octanol–water partition coefficient (Wildman–Crippen LogP) is 2.98. The fraction of sp³-hybridized carbons (Fsp3) is 0.647. The number of pyridine rings is 1. The van der Waals surface area contributed by atoms with Crippen molar-refractivity contribution in [2.75, 3.05) is 43.1 Å². The van der Waals surface area contributed by atoms with Crippen molar-refractivity contribution >= 4 is 35.1 Å². The molecule has 2 aliphatic heterocycles. The van der Waals surface area contributed by atoms with Gasteiger partial charge in [-0.1, -0.05) is 11.6 Å². The zero-order chi connectivity index (χ0) is 17.0. The number of methoxy groups -OCH3 is 1. The number of carbonyl (C=O) groups excluding carboxylic acids is 1. The second kappa shape index (κ2) is 7.93. The van der Waals surface area contributed by atoms with Gasteiger partial charge in [0.05, 0.1) is 10.6 Å². The largest absolute Gasteiger partial charge is 0.376 e. The first-order valence-electron chi connectivity index (χ1n) is 8.46. The van der Waals surface area contributed by atoms with Gasteiger partial charge in [0.1, 0.15) is 11.5 Å². The third-order valence-electron chi connectivity index (χ3n) is 4.87. The summed E-state index contributed by atoms with van der Waals surface area (Å²) in [5, 5.41) is 3.60.